The topological polar surface area (TPSA) is 70.2 Å². The number of carbonyl (C=O) groups excluding carboxylic acids is 1. The molecule has 1 aromatic heterocycles. The van der Waals surface area contributed by atoms with Gasteiger partial charge >= 0.3 is 0 Å². The predicted octanol–water partition coefficient (Wildman–Crippen LogP) is 3.67. The molecule has 2 fully saturated rings. The van der Waals surface area contributed by atoms with Crippen molar-refractivity contribution in [1.29, 1.82) is 0 Å². The van der Waals surface area contributed by atoms with E-state index < -0.39 is 0 Å². The first-order valence-corrected chi connectivity index (χ1v) is 10.8. The van der Waals surface area contributed by atoms with Crippen LogP contribution in [-0.4, -0.2) is 35.0 Å². The molecule has 1 amide bonds. The minimum Gasteiger partial charge on any atom is -0.367 e. The highest BCUT2D eigenvalue weighted by molar-refractivity contribution is 5.75. The van der Waals surface area contributed by atoms with Crippen molar-refractivity contribution in [3.05, 3.63) is 47.8 Å². The number of hydrogen-bond acceptors (Lipinski definition) is 5. The highest BCUT2D eigenvalue weighted by Gasteiger charge is 2.23. The lowest BCUT2D eigenvalue weighted by atomic mass is 9.92. The summed E-state index contributed by atoms with van der Waals surface area (Å²) < 4.78 is 0. The molecule has 0 unspecified atom stereocenters. The summed E-state index contributed by atoms with van der Waals surface area (Å²) in [5.41, 5.74) is 2.41. The Balaban J connectivity index is 1.18. The van der Waals surface area contributed by atoms with Gasteiger partial charge in [-0.25, -0.2) is 9.97 Å². The first kappa shape index (κ1) is 19.7. The number of rotatable bonds is 8. The summed E-state index contributed by atoms with van der Waals surface area (Å²) in [5.74, 6) is 2.71. The molecule has 0 bridgehead atoms. The Labute approximate surface area is 173 Å². The van der Waals surface area contributed by atoms with Crippen molar-refractivity contribution in [2.24, 2.45) is 5.92 Å². The van der Waals surface area contributed by atoms with Crippen LogP contribution < -0.4 is 15.5 Å². The van der Waals surface area contributed by atoms with E-state index in [9.17, 15) is 4.79 Å². The van der Waals surface area contributed by atoms with Crippen molar-refractivity contribution in [3.63, 3.8) is 0 Å². The van der Waals surface area contributed by atoms with E-state index in [0.29, 0.717) is 24.9 Å². The van der Waals surface area contributed by atoms with Gasteiger partial charge in [-0.1, -0.05) is 24.3 Å². The van der Waals surface area contributed by atoms with Gasteiger partial charge in [0.05, 0.1) is 0 Å². The van der Waals surface area contributed by atoms with E-state index in [1.54, 1.807) is 6.33 Å². The number of nitrogens with one attached hydrogen (secondary N) is 2. The van der Waals surface area contributed by atoms with E-state index in [1.165, 1.54) is 24.0 Å². The zero-order valence-electron chi connectivity index (χ0n) is 17.2. The molecule has 4 rings (SSSR count). The van der Waals surface area contributed by atoms with Crippen LogP contribution in [0.5, 0.6) is 0 Å². The van der Waals surface area contributed by atoms with Gasteiger partial charge in [-0.15, -0.1) is 0 Å². The van der Waals surface area contributed by atoms with E-state index in [1.807, 2.05) is 12.1 Å². The zero-order chi connectivity index (χ0) is 20.1. The first-order chi connectivity index (χ1) is 14.2. The summed E-state index contributed by atoms with van der Waals surface area (Å²) in [6.45, 7) is 4.69. The summed E-state index contributed by atoms with van der Waals surface area (Å²) in [6.07, 6.45) is 7.93. The molecule has 1 aliphatic carbocycles. The second-order valence-corrected chi connectivity index (χ2v) is 8.35. The van der Waals surface area contributed by atoms with Gasteiger partial charge in [-0.2, -0.15) is 0 Å². The molecule has 1 saturated carbocycles. The van der Waals surface area contributed by atoms with Crippen molar-refractivity contribution in [2.45, 2.75) is 58.0 Å². The van der Waals surface area contributed by atoms with Crippen molar-refractivity contribution in [3.8, 4) is 0 Å². The van der Waals surface area contributed by atoms with Crippen LogP contribution in [0, 0.1) is 12.8 Å². The van der Waals surface area contributed by atoms with Crippen molar-refractivity contribution in [1.82, 2.24) is 15.3 Å². The standard InChI is InChI=1S/C23H31N5O/c1-17-4-2-3-5-19(17)15-24-23(29)9-6-18-10-12-28(13-11-18)22-14-21(25-16-26-22)27-20-7-8-20/h2-5,14,16,18,20H,6-13,15H2,1H3,(H,24,29)(H,25,26,27). The molecule has 2 aromatic rings. The summed E-state index contributed by atoms with van der Waals surface area (Å²) in [5, 5.41) is 6.51. The molecule has 1 aliphatic heterocycles. The Bertz CT molecular complexity index is 828. The van der Waals surface area contributed by atoms with Crippen LogP contribution in [0.3, 0.4) is 0 Å². The molecule has 1 aromatic carbocycles. The number of anilines is 2. The fourth-order valence-corrected chi connectivity index (χ4v) is 3.91. The fraction of sp³-hybridized carbons (Fsp3) is 0.522. The van der Waals surface area contributed by atoms with Crippen LogP contribution in [0.15, 0.2) is 36.7 Å². The number of aromatic nitrogens is 2. The molecule has 29 heavy (non-hydrogen) atoms. The third-order valence-electron chi connectivity index (χ3n) is 6.04. The second kappa shape index (κ2) is 9.25. The van der Waals surface area contributed by atoms with Gasteiger partial charge in [0.25, 0.3) is 0 Å². The summed E-state index contributed by atoms with van der Waals surface area (Å²) in [7, 11) is 0. The highest BCUT2D eigenvalue weighted by atomic mass is 16.1. The molecule has 0 spiro atoms. The Kier molecular flexibility index (Phi) is 6.27. The zero-order valence-corrected chi connectivity index (χ0v) is 17.2. The highest BCUT2D eigenvalue weighted by Crippen LogP contribution is 2.28. The molecular weight excluding hydrogens is 362 g/mol. The van der Waals surface area contributed by atoms with Crippen LogP contribution in [-0.2, 0) is 11.3 Å². The SMILES string of the molecule is Cc1ccccc1CNC(=O)CCC1CCN(c2cc(NC3CC3)ncn2)CC1. The average molecular weight is 394 g/mol. The normalized spacial score (nSPS) is 17.2. The number of carbonyl (C=O) groups is 1. The molecular formula is C23H31N5O. The summed E-state index contributed by atoms with van der Waals surface area (Å²) in [6, 6.07) is 10.9. The Hall–Kier alpha value is -2.63. The van der Waals surface area contributed by atoms with Crippen LogP contribution in [0.1, 0.15) is 49.7 Å². The van der Waals surface area contributed by atoms with E-state index in [4.69, 9.17) is 0 Å². The molecule has 6 nitrogen and oxygen atoms in total. The van der Waals surface area contributed by atoms with Crippen molar-refractivity contribution in [2.75, 3.05) is 23.3 Å². The molecule has 2 heterocycles. The Morgan fingerprint density at radius 2 is 1.93 bits per heavy atom. The predicted molar refractivity (Wildman–Crippen MR) is 116 cm³/mol. The van der Waals surface area contributed by atoms with Gasteiger partial charge in [0, 0.05) is 38.2 Å². The van der Waals surface area contributed by atoms with Gasteiger partial charge in [0.15, 0.2) is 0 Å². The number of hydrogen-bond donors (Lipinski definition) is 2. The number of benzene rings is 1. The minimum absolute atomic E-state index is 0.155. The molecule has 6 heteroatoms. The van der Waals surface area contributed by atoms with Crippen LogP contribution in [0.2, 0.25) is 0 Å². The second-order valence-electron chi connectivity index (χ2n) is 8.35. The van der Waals surface area contributed by atoms with E-state index >= 15 is 0 Å². The molecule has 0 radical (unpaired) electrons. The largest absolute Gasteiger partial charge is 0.367 e. The van der Waals surface area contributed by atoms with Gasteiger partial charge in [0.2, 0.25) is 5.91 Å². The third kappa shape index (κ3) is 5.68. The molecule has 2 N–H and O–H groups in total. The Morgan fingerprint density at radius 1 is 1.14 bits per heavy atom. The smallest absolute Gasteiger partial charge is 0.220 e. The van der Waals surface area contributed by atoms with Gasteiger partial charge in [0.1, 0.15) is 18.0 Å². The summed E-state index contributed by atoms with van der Waals surface area (Å²) in [4.78, 5) is 23.4. The quantitative estimate of drug-likeness (QED) is 0.716. The van der Waals surface area contributed by atoms with Crippen molar-refractivity contribution < 1.29 is 4.79 Å². The number of amides is 1. The maximum absolute atomic E-state index is 12.2. The maximum Gasteiger partial charge on any atom is 0.220 e. The molecule has 1 saturated heterocycles. The van der Waals surface area contributed by atoms with Crippen molar-refractivity contribution >= 4 is 17.5 Å². The third-order valence-corrected chi connectivity index (χ3v) is 6.04. The molecule has 2 aliphatic rings. The Morgan fingerprint density at radius 3 is 2.69 bits per heavy atom. The minimum atomic E-state index is 0.155. The van der Waals surface area contributed by atoms with E-state index in [2.05, 4.69) is 50.6 Å². The average Bonchev–Trinajstić information content (AvgIpc) is 3.56. The number of nitrogens with zero attached hydrogens (tertiary/aromatic N) is 3. The number of aryl methyl sites for hydroxylation is 1. The summed E-state index contributed by atoms with van der Waals surface area (Å²) >= 11 is 0. The lowest BCUT2D eigenvalue weighted by molar-refractivity contribution is -0.121. The fourth-order valence-electron chi connectivity index (χ4n) is 3.91. The van der Waals surface area contributed by atoms with Crippen LogP contribution >= 0.6 is 0 Å². The lowest BCUT2D eigenvalue weighted by Gasteiger charge is -2.32. The molecule has 0 atom stereocenters. The van der Waals surface area contributed by atoms with Crippen LogP contribution in [0.4, 0.5) is 11.6 Å². The van der Waals surface area contributed by atoms with Gasteiger partial charge in [-0.05, 0) is 56.1 Å². The maximum atomic E-state index is 12.2. The van der Waals surface area contributed by atoms with Gasteiger partial charge < -0.3 is 15.5 Å². The van der Waals surface area contributed by atoms with Crippen LogP contribution in [0.25, 0.3) is 0 Å². The molecule has 154 valence electrons. The van der Waals surface area contributed by atoms with E-state index in [-0.39, 0.29) is 5.91 Å². The number of piperidine rings is 1. The first-order valence-electron chi connectivity index (χ1n) is 10.8. The lowest BCUT2D eigenvalue weighted by Crippen LogP contribution is -2.34. The van der Waals surface area contributed by atoms with E-state index in [0.717, 1.165) is 44.0 Å². The monoisotopic (exact) mass is 393 g/mol. The van der Waals surface area contributed by atoms with Gasteiger partial charge in [-0.3, -0.25) is 4.79 Å².